The van der Waals surface area contributed by atoms with Crippen LogP contribution in [0.1, 0.15) is 86.0 Å². The van der Waals surface area contributed by atoms with Crippen molar-refractivity contribution in [2.75, 3.05) is 0 Å². The minimum Gasteiger partial charge on any atom is -0.390 e. The minimum absolute atomic E-state index is 0.0113. The Morgan fingerprint density at radius 2 is 1.71 bits per heavy atom. The highest BCUT2D eigenvalue weighted by Gasteiger charge is 2.66. The first-order valence-corrected chi connectivity index (χ1v) is 12.9. The second-order valence-electron chi connectivity index (χ2n) is 13.3. The molecule has 4 aliphatic rings. The SMILES string of the molecule is CC(C)(O)[C@H](O)C[C@](C)(O)C[C@@H]1CC[C@]2(O)C3=CC(=O)[C@@H]4C[C@@H](O)[C@@H](O)C[C@]4(C)[C@@H]3CC[C@]12C. The van der Waals surface area contributed by atoms with Crippen LogP contribution in [0.4, 0.5) is 0 Å². The Labute approximate surface area is 202 Å². The first kappa shape index (κ1) is 26.2. The van der Waals surface area contributed by atoms with Gasteiger partial charge in [0.15, 0.2) is 5.78 Å². The Balaban J connectivity index is 1.62. The van der Waals surface area contributed by atoms with Crippen molar-refractivity contribution in [3.8, 4) is 0 Å². The lowest BCUT2D eigenvalue weighted by Crippen LogP contribution is -2.60. The molecule has 10 atom stereocenters. The molecule has 4 rings (SSSR count). The molecule has 7 nitrogen and oxygen atoms in total. The molecule has 3 saturated carbocycles. The summed E-state index contributed by atoms with van der Waals surface area (Å²) in [6, 6.07) is 0. The number of aliphatic hydroxyl groups is 6. The van der Waals surface area contributed by atoms with Gasteiger partial charge in [0, 0.05) is 17.8 Å². The maximum atomic E-state index is 13.2. The normalized spacial score (nSPS) is 47.2. The van der Waals surface area contributed by atoms with E-state index in [-0.39, 0.29) is 36.4 Å². The summed E-state index contributed by atoms with van der Waals surface area (Å²) in [5.74, 6) is -0.468. The third kappa shape index (κ3) is 3.91. The summed E-state index contributed by atoms with van der Waals surface area (Å²) >= 11 is 0. The van der Waals surface area contributed by atoms with E-state index in [4.69, 9.17) is 0 Å². The lowest BCUT2D eigenvalue weighted by atomic mass is 9.46. The molecule has 194 valence electrons. The van der Waals surface area contributed by atoms with Gasteiger partial charge >= 0.3 is 0 Å². The molecule has 0 aliphatic heterocycles. The molecule has 0 aromatic heterocycles. The van der Waals surface area contributed by atoms with Crippen LogP contribution in [0.25, 0.3) is 0 Å². The summed E-state index contributed by atoms with van der Waals surface area (Å²) in [5, 5.41) is 64.5. The molecule has 6 N–H and O–H groups in total. The summed E-state index contributed by atoms with van der Waals surface area (Å²) < 4.78 is 0. The predicted octanol–water partition coefficient (Wildman–Crippen LogP) is 1.85. The molecule has 0 aromatic rings. The largest absolute Gasteiger partial charge is 0.390 e. The van der Waals surface area contributed by atoms with Crippen LogP contribution in [0.2, 0.25) is 0 Å². The Kier molecular flexibility index (Phi) is 6.24. The van der Waals surface area contributed by atoms with Gasteiger partial charge in [0.05, 0.1) is 35.1 Å². The molecule has 0 unspecified atom stereocenters. The highest BCUT2D eigenvalue weighted by Crippen LogP contribution is 2.67. The Hall–Kier alpha value is -0.830. The van der Waals surface area contributed by atoms with E-state index >= 15 is 0 Å². The van der Waals surface area contributed by atoms with Crippen molar-refractivity contribution < 1.29 is 35.4 Å². The number of carbonyl (C=O) groups is 1. The Morgan fingerprint density at radius 1 is 1.06 bits per heavy atom. The zero-order valence-corrected chi connectivity index (χ0v) is 21.3. The smallest absolute Gasteiger partial charge is 0.159 e. The van der Waals surface area contributed by atoms with Gasteiger partial charge in [0.2, 0.25) is 0 Å². The van der Waals surface area contributed by atoms with Crippen LogP contribution in [0.5, 0.6) is 0 Å². The van der Waals surface area contributed by atoms with Gasteiger partial charge in [0.1, 0.15) is 0 Å². The van der Waals surface area contributed by atoms with Gasteiger partial charge in [-0.2, -0.15) is 0 Å². The molecule has 3 fully saturated rings. The number of fused-ring (bicyclic) bond motifs is 5. The Morgan fingerprint density at radius 3 is 2.32 bits per heavy atom. The molecule has 0 aromatic carbocycles. The van der Waals surface area contributed by atoms with Crippen LogP contribution < -0.4 is 0 Å². The number of allylic oxidation sites excluding steroid dienone is 1. The van der Waals surface area contributed by atoms with Crippen LogP contribution in [0, 0.1) is 28.6 Å². The number of hydrogen-bond acceptors (Lipinski definition) is 7. The molecule has 0 amide bonds. The molecule has 34 heavy (non-hydrogen) atoms. The molecule has 0 saturated heterocycles. The number of aliphatic hydroxyl groups excluding tert-OH is 3. The van der Waals surface area contributed by atoms with Gasteiger partial charge in [-0.3, -0.25) is 4.79 Å². The van der Waals surface area contributed by atoms with E-state index in [0.717, 1.165) is 18.4 Å². The van der Waals surface area contributed by atoms with Crippen LogP contribution >= 0.6 is 0 Å². The van der Waals surface area contributed by atoms with Crippen molar-refractivity contribution >= 4 is 5.78 Å². The zero-order valence-electron chi connectivity index (χ0n) is 21.3. The van der Waals surface area contributed by atoms with Crippen molar-refractivity contribution in [2.45, 2.75) is 121 Å². The van der Waals surface area contributed by atoms with E-state index < -0.39 is 45.9 Å². The topological polar surface area (TPSA) is 138 Å². The lowest BCUT2D eigenvalue weighted by Gasteiger charge is -2.60. The number of hydrogen-bond donors (Lipinski definition) is 6. The third-order valence-corrected chi connectivity index (χ3v) is 10.4. The maximum absolute atomic E-state index is 13.2. The van der Waals surface area contributed by atoms with Crippen LogP contribution in [0.3, 0.4) is 0 Å². The van der Waals surface area contributed by atoms with E-state index in [1.165, 1.54) is 13.8 Å². The van der Waals surface area contributed by atoms with Gasteiger partial charge < -0.3 is 30.6 Å². The first-order valence-electron chi connectivity index (χ1n) is 12.9. The fourth-order valence-electron chi connectivity index (χ4n) is 8.09. The third-order valence-electron chi connectivity index (χ3n) is 10.4. The van der Waals surface area contributed by atoms with Gasteiger partial charge in [-0.25, -0.2) is 0 Å². The van der Waals surface area contributed by atoms with Gasteiger partial charge in [0.25, 0.3) is 0 Å². The minimum atomic E-state index is -1.32. The Bertz CT molecular complexity index is 860. The highest BCUT2D eigenvalue weighted by atomic mass is 16.3. The first-order chi connectivity index (χ1) is 15.4. The molecule has 0 bridgehead atoms. The molecule has 4 aliphatic carbocycles. The van der Waals surface area contributed by atoms with E-state index in [9.17, 15) is 35.4 Å². The zero-order chi connectivity index (χ0) is 25.5. The maximum Gasteiger partial charge on any atom is 0.159 e. The van der Waals surface area contributed by atoms with Crippen molar-refractivity contribution in [1.29, 1.82) is 0 Å². The standard InChI is InChI=1S/C27H44O7/c1-23(2,32)22(31)14-24(3,33)12-15-6-9-27(34)17-10-19(28)18-11-20(29)21(30)13-25(18,4)16(17)7-8-26(15,27)5/h10,15-16,18,20-22,29-34H,6-9,11-14H2,1-5H3/t15-,16+,18-,20+,21-,22+,24+,25+,26+,27-/m0/s1. The average Bonchev–Trinajstić information content (AvgIpc) is 2.94. The molecule has 0 spiro atoms. The quantitative estimate of drug-likeness (QED) is 0.353. The second-order valence-corrected chi connectivity index (χ2v) is 13.3. The summed E-state index contributed by atoms with van der Waals surface area (Å²) in [4.78, 5) is 13.2. The summed E-state index contributed by atoms with van der Waals surface area (Å²) in [6.07, 6.45) is 2.51. The van der Waals surface area contributed by atoms with E-state index in [1.807, 2.05) is 6.92 Å². The van der Waals surface area contributed by atoms with Crippen LogP contribution in [-0.2, 0) is 4.79 Å². The monoisotopic (exact) mass is 480 g/mol. The van der Waals surface area contributed by atoms with Crippen molar-refractivity contribution in [3.63, 3.8) is 0 Å². The van der Waals surface area contributed by atoms with Gasteiger partial charge in [-0.15, -0.1) is 0 Å². The van der Waals surface area contributed by atoms with Gasteiger partial charge in [-0.05, 0) is 94.6 Å². The van der Waals surface area contributed by atoms with Gasteiger partial charge in [-0.1, -0.05) is 13.8 Å². The van der Waals surface area contributed by atoms with Crippen molar-refractivity contribution in [1.82, 2.24) is 0 Å². The summed E-state index contributed by atoms with van der Waals surface area (Å²) in [5.41, 5.74) is -3.97. The fourth-order valence-corrected chi connectivity index (χ4v) is 8.09. The van der Waals surface area contributed by atoms with E-state index in [0.29, 0.717) is 25.7 Å². The van der Waals surface area contributed by atoms with E-state index in [2.05, 4.69) is 6.92 Å². The predicted molar refractivity (Wildman–Crippen MR) is 127 cm³/mol. The number of ketones is 1. The van der Waals surface area contributed by atoms with Crippen LogP contribution in [-0.4, -0.2) is 71.5 Å². The van der Waals surface area contributed by atoms with Crippen LogP contribution in [0.15, 0.2) is 11.6 Å². The number of carbonyl (C=O) groups excluding carboxylic acids is 1. The fraction of sp³-hybridized carbons (Fsp3) is 0.889. The van der Waals surface area contributed by atoms with Crippen molar-refractivity contribution in [3.05, 3.63) is 11.6 Å². The lowest BCUT2D eigenvalue weighted by molar-refractivity contribution is -0.154. The second kappa shape index (κ2) is 8.09. The average molecular weight is 481 g/mol. The summed E-state index contributed by atoms with van der Waals surface area (Å²) in [7, 11) is 0. The number of rotatable bonds is 5. The molecular weight excluding hydrogens is 436 g/mol. The molecule has 0 heterocycles. The molecule has 0 radical (unpaired) electrons. The highest BCUT2D eigenvalue weighted by molar-refractivity contribution is 5.95. The molecule has 7 heteroatoms. The molecular formula is C27H44O7. The van der Waals surface area contributed by atoms with E-state index in [1.54, 1.807) is 13.0 Å². The van der Waals surface area contributed by atoms with Crippen molar-refractivity contribution in [2.24, 2.45) is 28.6 Å². The summed E-state index contributed by atoms with van der Waals surface area (Å²) in [6.45, 7) is 8.81.